The molecule has 0 saturated carbocycles. The zero-order chi connectivity index (χ0) is 14.9. The summed E-state index contributed by atoms with van der Waals surface area (Å²) in [6.07, 6.45) is 1.35. The van der Waals surface area contributed by atoms with E-state index in [9.17, 15) is 9.59 Å². The number of carboxylic acids is 1. The number of hydrogen-bond acceptors (Lipinski definition) is 3. The Hall–Kier alpha value is -2.87. The summed E-state index contributed by atoms with van der Waals surface area (Å²) in [6, 6.07) is 8.41. The number of aromatic nitrogens is 1. The second-order valence-electron chi connectivity index (χ2n) is 4.52. The molecule has 0 atom stereocenters. The van der Waals surface area contributed by atoms with E-state index in [-0.39, 0.29) is 5.56 Å². The van der Waals surface area contributed by atoms with Crippen molar-refractivity contribution in [3.63, 3.8) is 0 Å². The molecule has 2 aromatic rings. The van der Waals surface area contributed by atoms with E-state index < -0.39 is 17.1 Å². The highest BCUT2D eigenvalue weighted by Gasteiger charge is 2.15. The predicted octanol–water partition coefficient (Wildman–Crippen LogP) is 2.02. The summed E-state index contributed by atoms with van der Waals surface area (Å²) in [5, 5.41) is 18.0. The maximum Gasteiger partial charge on any atom is 0.341 e. The molecule has 0 bridgehead atoms. The summed E-state index contributed by atoms with van der Waals surface area (Å²) in [7, 11) is 0. The molecule has 5 nitrogen and oxygen atoms in total. The third-order valence-corrected chi connectivity index (χ3v) is 2.99. The molecule has 1 heterocycles. The molecule has 0 fully saturated rings. The number of hydrogen-bond donors (Lipinski definition) is 1. The first-order valence-corrected chi connectivity index (χ1v) is 5.91. The number of nitriles is 1. The Morgan fingerprint density at radius 1 is 1.30 bits per heavy atom. The van der Waals surface area contributed by atoms with Crippen LogP contribution in [0.2, 0.25) is 0 Å². The molecule has 0 radical (unpaired) electrons. The summed E-state index contributed by atoms with van der Waals surface area (Å²) in [6.45, 7) is 3.75. The number of rotatable bonds is 2. The van der Waals surface area contributed by atoms with Gasteiger partial charge in [0.25, 0.3) is 5.56 Å². The van der Waals surface area contributed by atoms with Gasteiger partial charge in [0.2, 0.25) is 0 Å². The SMILES string of the molecule is Cc1ccc(-n2cc(C#N)cc(C(=O)O)c2=O)c(C)c1. The third kappa shape index (κ3) is 2.31. The van der Waals surface area contributed by atoms with Gasteiger partial charge in [0.05, 0.1) is 11.3 Å². The monoisotopic (exact) mass is 268 g/mol. The number of benzene rings is 1. The quantitative estimate of drug-likeness (QED) is 0.903. The van der Waals surface area contributed by atoms with Gasteiger partial charge in [0, 0.05) is 6.20 Å². The molecular weight excluding hydrogens is 256 g/mol. The van der Waals surface area contributed by atoms with Crippen LogP contribution in [-0.2, 0) is 0 Å². The van der Waals surface area contributed by atoms with Gasteiger partial charge in [-0.05, 0) is 31.5 Å². The first-order valence-electron chi connectivity index (χ1n) is 5.91. The minimum Gasteiger partial charge on any atom is -0.477 e. The molecule has 100 valence electrons. The van der Waals surface area contributed by atoms with Crippen LogP contribution in [0.4, 0.5) is 0 Å². The first-order chi connectivity index (χ1) is 9.43. The topological polar surface area (TPSA) is 83.1 Å². The Labute approximate surface area is 115 Å². The van der Waals surface area contributed by atoms with Crippen LogP contribution in [0, 0.1) is 25.2 Å². The van der Waals surface area contributed by atoms with E-state index in [0.29, 0.717) is 5.69 Å². The summed E-state index contributed by atoms with van der Waals surface area (Å²) in [4.78, 5) is 23.3. The second kappa shape index (κ2) is 5.02. The number of nitrogens with zero attached hydrogens (tertiary/aromatic N) is 2. The molecule has 2 rings (SSSR count). The Kier molecular flexibility index (Phi) is 3.40. The number of carbonyl (C=O) groups is 1. The lowest BCUT2D eigenvalue weighted by atomic mass is 10.1. The van der Waals surface area contributed by atoms with E-state index in [1.165, 1.54) is 10.8 Å². The molecule has 1 aromatic carbocycles. The van der Waals surface area contributed by atoms with Gasteiger partial charge in [-0.2, -0.15) is 5.26 Å². The Morgan fingerprint density at radius 3 is 2.55 bits per heavy atom. The molecule has 5 heteroatoms. The number of pyridine rings is 1. The second-order valence-corrected chi connectivity index (χ2v) is 4.52. The maximum atomic E-state index is 12.2. The van der Waals surface area contributed by atoms with Crippen LogP contribution in [0.1, 0.15) is 27.0 Å². The van der Waals surface area contributed by atoms with E-state index in [0.717, 1.165) is 17.2 Å². The minimum absolute atomic E-state index is 0.127. The van der Waals surface area contributed by atoms with E-state index in [4.69, 9.17) is 10.4 Å². The lowest BCUT2D eigenvalue weighted by Gasteiger charge is -2.11. The van der Waals surface area contributed by atoms with Crippen molar-refractivity contribution in [2.24, 2.45) is 0 Å². The molecule has 0 spiro atoms. The minimum atomic E-state index is -1.34. The van der Waals surface area contributed by atoms with Gasteiger partial charge in [-0.15, -0.1) is 0 Å². The highest BCUT2D eigenvalue weighted by Crippen LogP contribution is 2.15. The van der Waals surface area contributed by atoms with Gasteiger partial charge in [-0.25, -0.2) is 4.79 Å². The zero-order valence-corrected chi connectivity index (χ0v) is 11.0. The van der Waals surface area contributed by atoms with Crippen molar-refractivity contribution < 1.29 is 9.90 Å². The Morgan fingerprint density at radius 2 is 2.00 bits per heavy atom. The van der Waals surface area contributed by atoms with Crippen LogP contribution < -0.4 is 5.56 Å². The molecule has 1 N–H and O–H groups in total. The van der Waals surface area contributed by atoms with Crippen molar-refractivity contribution in [2.45, 2.75) is 13.8 Å². The van der Waals surface area contributed by atoms with Gasteiger partial charge < -0.3 is 5.11 Å². The fourth-order valence-corrected chi connectivity index (χ4v) is 2.05. The Bertz CT molecular complexity index is 798. The predicted molar refractivity (Wildman–Crippen MR) is 73.2 cm³/mol. The van der Waals surface area contributed by atoms with Crippen molar-refractivity contribution in [1.82, 2.24) is 4.57 Å². The van der Waals surface area contributed by atoms with Crippen molar-refractivity contribution in [3.8, 4) is 11.8 Å². The average molecular weight is 268 g/mol. The van der Waals surface area contributed by atoms with Crippen molar-refractivity contribution in [2.75, 3.05) is 0 Å². The van der Waals surface area contributed by atoms with Crippen molar-refractivity contribution >= 4 is 5.97 Å². The van der Waals surface area contributed by atoms with Crippen molar-refractivity contribution in [1.29, 1.82) is 5.26 Å². The van der Waals surface area contributed by atoms with Crippen LogP contribution in [0.15, 0.2) is 35.3 Å². The smallest absolute Gasteiger partial charge is 0.341 e. The molecule has 0 aliphatic carbocycles. The number of aryl methyl sites for hydroxylation is 2. The van der Waals surface area contributed by atoms with Gasteiger partial charge in [0.15, 0.2) is 0 Å². The fraction of sp³-hybridized carbons (Fsp3) is 0.133. The molecule has 20 heavy (non-hydrogen) atoms. The van der Waals surface area contributed by atoms with Crippen LogP contribution >= 0.6 is 0 Å². The Balaban J connectivity index is 2.80. The van der Waals surface area contributed by atoms with Gasteiger partial charge in [0.1, 0.15) is 11.6 Å². The normalized spacial score (nSPS) is 10.1. The highest BCUT2D eigenvalue weighted by atomic mass is 16.4. The molecule has 1 aromatic heterocycles. The molecule has 0 amide bonds. The summed E-state index contributed by atoms with van der Waals surface area (Å²) in [5.74, 6) is -1.34. The lowest BCUT2D eigenvalue weighted by Crippen LogP contribution is -2.25. The van der Waals surface area contributed by atoms with E-state index in [1.807, 2.05) is 32.0 Å². The third-order valence-electron chi connectivity index (χ3n) is 2.99. The lowest BCUT2D eigenvalue weighted by molar-refractivity contribution is 0.0694. The molecule has 0 aliphatic heterocycles. The van der Waals surface area contributed by atoms with Crippen LogP contribution in [0.25, 0.3) is 5.69 Å². The van der Waals surface area contributed by atoms with Crippen LogP contribution in [0.3, 0.4) is 0 Å². The zero-order valence-electron chi connectivity index (χ0n) is 11.0. The van der Waals surface area contributed by atoms with E-state index >= 15 is 0 Å². The van der Waals surface area contributed by atoms with E-state index in [1.54, 1.807) is 6.07 Å². The van der Waals surface area contributed by atoms with Crippen molar-refractivity contribution in [3.05, 3.63) is 63.1 Å². The molecule has 0 aliphatic rings. The maximum absolute atomic E-state index is 12.2. The summed E-state index contributed by atoms with van der Waals surface area (Å²) in [5.41, 5.74) is 1.50. The highest BCUT2D eigenvalue weighted by molar-refractivity contribution is 5.87. The first kappa shape index (κ1) is 13.6. The molecular formula is C15H12N2O3. The largest absolute Gasteiger partial charge is 0.477 e. The summed E-state index contributed by atoms with van der Waals surface area (Å²) < 4.78 is 1.21. The average Bonchev–Trinajstić information content (AvgIpc) is 2.39. The van der Waals surface area contributed by atoms with Gasteiger partial charge in [-0.3, -0.25) is 9.36 Å². The van der Waals surface area contributed by atoms with Crippen LogP contribution in [0.5, 0.6) is 0 Å². The van der Waals surface area contributed by atoms with Gasteiger partial charge in [-0.1, -0.05) is 17.7 Å². The van der Waals surface area contributed by atoms with E-state index in [2.05, 4.69) is 0 Å². The standard InChI is InChI=1S/C15H12N2O3/c1-9-3-4-13(10(2)5-9)17-8-11(7-16)6-12(14(17)18)15(19)20/h3-6,8H,1-2H3,(H,19,20). The van der Waals surface area contributed by atoms with Gasteiger partial charge >= 0.3 is 5.97 Å². The van der Waals surface area contributed by atoms with Crippen LogP contribution in [-0.4, -0.2) is 15.6 Å². The molecule has 0 unspecified atom stereocenters. The fourth-order valence-electron chi connectivity index (χ4n) is 2.05. The number of carboxylic acid groups (broad SMARTS) is 1. The molecule has 0 saturated heterocycles. The summed E-state index contributed by atoms with van der Waals surface area (Å²) >= 11 is 0. The number of aromatic carboxylic acids is 1.